The van der Waals surface area contributed by atoms with E-state index < -0.39 is 103 Å². The number of aliphatic hydroxyl groups is 4. The van der Waals surface area contributed by atoms with Gasteiger partial charge >= 0.3 is 5.97 Å². The molecule has 80 heavy (non-hydrogen) atoms. The Morgan fingerprint density at radius 2 is 1.25 bits per heavy atom. The number of esters is 1. The van der Waals surface area contributed by atoms with Crippen LogP contribution in [0.3, 0.4) is 0 Å². The van der Waals surface area contributed by atoms with E-state index in [0.29, 0.717) is 70.6 Å². The molecule has 16 fully saturated rings. The van der Waals surface area contributed by atoms with Crippen LogP contribution < -0.4 is 0 Å². The van der Waals surface area contributed by atoms with Gasteiger partial charge in [0.1, 0.15) is 36.6 Å². The lowest BCUT2D eigenvalue weighted by atomic mass is 9.79. The van der Waals surface area contributed by atoms with Crippen LogP contribution in [0.4, 0.5) is 0 Å². The Kier molecular flexibility index (Phi) is 13.8. The molecule has 16 rings (SSSR count). The number of carbonyl (C=O) groups excluding carboxylic acids is 1. The van der Waals surface area contributed by atoms with Crippen LogP contribution in [0.2, 0.25) is 0 Å². The molecular weight excluding hydrogens is 1040 g/mol. The summed E-state index contributed by atoms with van der Waals surface area (Å²) in [6, 6.07) is 0. The maximum Gasteiger partial charge on any atom is 0.308 e. The van der Waals surface area contributed by atoms with E-state index in [1.54, 1.807) is 0 Å². The molecule has 12 bridgehead atoms. The minimum atomic E-state index is -1.55. The molecule has 16 aliphatic heterocycles. The number of aliphatic hydroxyl groups excluding tert-OH is 3. The summed E-state index contributed by atoms with van der Waals surface area (Å²) in [4.78, 5) is 14.6. The van der Waals surface area contributed by atoms with Crippen molar-refractivity contribution in [2.24, 2.45) is 23.7 Å². The van der Waals surface area contributed by atoms with E-state index >= 15 is 0 Å². The number of carbonyl (C=O) groups is 1. The van der Waals surface area contributed by atoms with Crippen LogP contribution in [0.15, 0.2) is 24.3 Å². The van der Waals surface area contributed by atoms with Gasteiger partial charge in [0.25, 0.3) is 0 Å². The van der Waals surface area contributed by atoms with Crippen molar-refractivity contribution in [3.63, 3.8) is 0 Å². The summed E-state index contributed by atoms with van der Waals surface area (Å²) in [6.07, 6.45) is -0.945. The molecule has 0 aliphatic carbocycles. The highest BCUT2D eigenvalue weighted by atomic mass is 16.8. The third kappa shape index (κ3) is 9.31. The molecule has 16 heterocycles. The molecule has 0 aromatic carbocycles. The van der Waals surface area contributed by atoms with Crippen LogP contribution in [-0.2, 0) is 75.8 Å². The van der Waals surface area contributed by atoms with Gasteiger partial charge in [-0.15, -0.1) is 0 Å². The van der Waals surface area contributed by atoms with Crippen LogP contribution in [0, 0.1) is 23.7 Å². The van der Waals surface area contributed by atoms with Crippen LogP contribution >= 0.6 is 0 Å². The van der Waals surface area contributed by atoms with E-state index in [-0.39, 0.29) is 122 Å². The van der Waals surface area contributed by atoms with Crippen molar-refractivity contribution < 1.29 is 96.3 Å². The van der Waals surface area contributed by atoms with Gasteiger partial charge in [-0.25, -0.2) is 0 Å². The molecule has 0 aromatic rings. The van der Waals surface area contributed by atoms with Gasteiger partial charge in [0.2, 0.25) is 5.79 Å². The fourth-order valence-corrected chi connectivity index (χ4v) is 18.2. The van der Waals surface area contributed by atoms with E-state index in [9.17, 15) is 25.2 Å². The summed E-state index contributed by atoms with van der Waals surface area (Å²) < 4.78 is 103. The molecule has 4 N–H and O–H groups in total. The Bertz CT molecular complexity index is 2400. The highest BCUT2D eigenvalue weighted by Crippen LogP contribution is 2.59. The van der Waals surface area contributed by atoms with E-state index in [4.69, 9.17) is 71.1 Å². The quantitative estimate of drug-likeness (QED) is 0.228. The monoisotopic (exact) mass is 1130 g/mol. The van der Waals surface area contributed by atoms with E-state index in [1.807, 2.05) is 0 Å². The molecule has 446 valence electrons. The van der Waals surface area contributed by atoms with Gasteiger partial charge in [0.15, 0.2) is 17.4 Å². The number of hydrogen-bond acceptors (Lipinski definition) is 20. The maximum absolute atomic E-state index is 14.6. The first kappa shape index (κ1) is 54.9. The van der Waals surface area contributed by atoms with Crippen molar-refractivity contribution in [2.75, 3.05) is 6.61 Å². The standard InChI is InChI=1S/C60H86O20/c1-26-13-33-7-9-37-27(2)14-35(66-37)11-12-57-25-60(65)56(80-57)55-54(79-60)53(78-57)52-38(70-55)10-8-34(68-52)16-47(64)73-51-31(6)50-43(69-42(51)17-39(67-33)30(26)5)19-41-45(72-50)22-59(74-41)23-46-49(77-59)29(4)21-58(76-46)20-28(3)48-44(75-58)18-40(71-48)36(63)15-32(62)24-61/h26,28-29,31-46,48-56,61-63,65H,2,5,7-25H2,1,3-4,6H3/t26-,28+,29+,31+,32-,33+,34-,35?,36+,37?,38+,39?,40+,41?,42+,43+,44+,45-,46+,48+,49+,50+,51-,52+,53?,54+,55-,56?,57-,58?,59+,60+/m1/s1. The average Bonchev–Trinajstić information content (AvgIpc) is 4.40. The second-order valence-corrected chi connectivity index (χ2v) is 27.8. The summed E-state index contributed by atoms with van der Waals surface area (Å²) in [7, 11) is 0. The third-order valence-electron chi connectivity index (χ3n) is 22.0. The molecule has 20 heteroatoms. The first-order chi connectivity index (χ1) is 38.3. The van der Waals surface area contributed by atoms with Gasteiger partial charge in [-0.1, -0.05) is 40.9 Å². The van der Waals surface area contributed by atoms with Crippen molar-refractivity contribution in [1.82, 2.24) is 0 Å². The first-order valence-corrected chi connectivity index (χ1v) is 30.9. The zero-order chi connectivity index (χ0) is 54.9. The van der Waals surface area contributed by atoms with Crippen molar-refractivity contribution in [2.45, 2.75) is 313 Å². The smallest absolute Gasteiger partial charge is 0.308 e. The van der Waals surface area contributed by atoms with Gasteiger partial charge in [-0.3, -0.25) is 4.79 Å². The minimum absolute atomic E-state index is 0.0152. The Hall–Kier alpha value is -1.77. The molecule has 16 saturated heterocycles. The zero-order valence-corrected chi connectivity index (χ0v) is 46.8. The largest absolute Gasteiger partial charge is 0.459 e. The molecule has 0 radical (unpaired) electrons. The normalized spacial score (nSPS) is 57.6. The van der Waals surface area contributed by atoms with E-state index in [0.717, 1.165) is 36.8 Å². The van der Waals surface area contributed by atoms with Crippen molar-refractivity contribution in [3.05, 3.63) is 24.3 Å². The Labute approximate surface area is 468 Å². The van der Waals surface area contributed by atoms with Gasteiger partial charge in [-0.2, -0.15) is 0 Å². The molecule has 32 atom stereocenters. The minimum Gasteiger partial charge on any atom is -0.459 e. The van der Waals surface area contributed by atoms with Crippen molar-refractivity contribution >= 4 is 5.97 Å². The second kappa shape index (κ2) is 20.2. The summed E-state index contributed by atoms with van der Waals surface area (Å²) in [6.45, 7) is 17.3. The first-order valence-electron chi connectivity index (χ1n) is 30.9. The van der Waals surface area contributed by atoms with Crippen LogP contribution in [0.25, 0.3) is 0 Å². The van der Waals surface area contributed by atoms with Crippen LogP contribution in [-0.4, -0.2) is 203 Å². The fourth-order valence-electron chi connectivity index (χ4n) is 18.2. The Balaban J connectivity index is 0.658. The SMILES string of the molecule is C=C1CC2CC[C@@]34C[C@]5(O)O[C@H]6C(O3)[C@H]3O[C@H](CC[C@@H]3O[C@H]6C5O4)CC(=O)O[C@@H]3[C@@H](C)[C@@H]4O[C@@H]5C[C@]6(C[C@@H]7OC8(C[C@H](C)[C@@H]9O[C@H]([C@@H](O)C[C@@H](O)CO)C[C@@H]9O8)C[C@H](C)[C@@H]7O6)OC5C[C@@H]4O[C@H]3CC3O[C@@H](CCC1O2)C[C@@H](C)C3=C. The van der Waals surface area contributed by atoms with Gasteiger partial charge in [-0.05, 0) is 73.8 Å². The average molecular weight is 1130 g/mol. The Morgan fingerprint density at radius 1 is 0.550 bits per heavy atom. The molecule has 0 aromatic heterocycles. The van der Waals surface area contributed by atoms with Gasteiger partial charge in [0.05, 0.1) is 129 Å². The highest BCUT2D eigenvalue weighted by molar-refractivity contribution is 5.70. The molecule has 0 amide bonds. The summed E-state index contributed by atoms with van der Waals surface area (Å²) in [5.74, 6) is -4.74. The summed E-state index contributed by atoms with van der Waals surface area (Å²) >= 11 is 0. The molecule has 7 unspecified atom stereocenters. The molecule has 20 nitrogen and oxygen atoms in total. The zero-order valence-electron chi connectivity index (χ0n) is 46.8. The van der Waals surface area contributed by atoms with Crippen LogP contribution in [0.1, 0.15) is 143 Å². The predicted molar refractivity (Wildman–Crippen MR) is 275 cm³/mol. The number of ether oxygens (including phenoxy) is 15. The Morgan fingerprint density at radius 3 is 2.09 bits per heavy atom. The molecule has 16 aliphatic rings. The topological polar surface area (TPSA) is 236 Å². The lowest BCUT2D eigenvalue weighted by Gasteiger charge is -2.50. The summed E-state index contributed by atoms with van der Waals surface area (Å²) in [5, 5.41) is 42.3. The molecule has 0 saturated carbocycles. The van der Waals surface area contributed by atoms with Crippen molar-refractivity contribution in [1.29, 1.82) is 0 Å². The van der Waals surface area contributed by atoms with Crippen molar-refractivity contribution in [3.8, 4) is 0 Å². The molecule has 3 spiro atoms. The third-order valence-corrected chi connectivity index (χ3v) is 22.0. The van der Waals surface area contributed by atoms with Gasteiger partial charge < -0.3 is 91.5 Å². The summed E-state index contributed by atoms with van der Waals surface area (Å²) in [5.41, 5.74) is 2.08. The lowest BCUT2D eigenvalue weighted by Crippen LogP contribution is -2.62. The number of hydrogen-bond donors (Lipinski definition) is 4. The second-order valence-electron chi connectivity index (χ2n) is 27.8. The predicted octanol–water partition coefficient (Wildman–Crippen LogP) is 4.25. The fraction of sp³-hybridized carbons (Fsp3) is 0.917. The van der Waals surface area contributed by atoms with Gasteiger partial charge in [0, 0.05) is 63.7 Å². The lowest BCUT2D eigenvalue weighted by molar-refractivity contribution is -0.347. The molecular formula is C60H86O20. The van der Waals surface area contributed by atoms with E-state index in [2.05, 4.69) is 40.9 Å². The van der Waals surface area contributed by atoms with E-state index in [1.165, 1.54) is 0 Å². The number of fused-ring (bicyclic) bond motifs is 10. The highest BCUT2D eigenvalue weighted by Gasteiger charge is 2.75. The van der Waals surface area contributed by atoms with Crippen LogP contribution in [0.5, 0.6) is 0 Å². The maximum atomic E-state index is 14.6. The number of rotatable bonds is 4.